The molecule has 0 saturated heterocycles. The van der Waals surface area contributed by atoms with Gasteiger partial charge in [0.2, 0.25) is 0 Å². The number of benzene rings is 1. The van der Waals surface area contributed by atoms with E-state index in [1.165, 1.54) is 18.8 Å². The van der Waals surface area contributed by atoms with Crippen molar-refractivity contribution in [2.24, 2.45) is 11.8 Å². The molecule has 4 rings (SSSR count). The summed E-state index contributed by atoms with van der Waals surface area (Å²) >= 11 is 0. The number of imide groups is 1. The summed E-state index contributed by atoms with van der Waals surface area (Å²) < 4.78 is 5.25. The summed E-state index contributed by atoms with van der Waals surface area (Å²) in [5, 5.41) is 3.12. The molecule has 1 aliphatic carbocycles. The van der Waals surface area contributed by atoms with Gasteiger partial charge in [-0.05, 0) is 48.6 Å². The minimum absolute atomic E-state index is 0.0817. The van der Waals surface area contributed by atoms with Crippen LogP contribution >= 0.6 is 0 Å². The zero-order chi connectivity index (χ0) is 19.8. The Labute approximate surface area is 163 Å². The van der Waals surface area contributed by atoms with Crippen LogP contribution in [-0.2, 0) is 6.54 Å². The monoisotopic (exact) mass is 380 g/mol. The molecular weight excluding hydrogens is 356 g/mol. The van der Waals surface area contributed by atoms with Gasteiger partial charge in [-0.15, -0.1) is 0 Å². The zero-order valence-corrected chi connectivity index (χ0v) is 16.1. The third-order valence-electron chi connectivity index (χ3n) is 6.15. The molecule has 3 amide bonds. The van der Waals surface area contributed by atoms with Gasteiger partial charge in [-0.3, -0.25) is 19.3 Å². The number of rotatable bonds is 4. The molecule has 28 heavy (non-hydrogen) atoms. The first-order valence-electron chi connectivity index (χ1n) is 9.79. The van der Waals surface area contributed by atoms with Crippen molar-refractivity contribution in [2.75, 3.05) is 0 Å². The Hall–Kier alpha value is -2.89. The van der Waals surface area contributed by atoms with E-state index in [1.807, 2.05) is 0 Å². The highest BCUT2D eigenvalue weighted by Gasteiger charge is 2.37. The zero-order valence-electron chi connectivity index (χ0n) is 16.1. The molecule has 0 radical (unpaired) electrons. The number of carbonyl (C=O) groups excluding carboxylic acids is 3. The van der Waals surface area contributed by atoms with Gasteiger partial charge in [0, 0.05) is 11.6 Å². The Kier molecular flexibility index (Phi) is 4.79. The SMILES string of the molecule is CC1CCCC(NC(=O)c2ccc3c(c2)C(=O)N(Cc2ccco2)C3=O)C1C. The summed E-state index contributed by atoms with van der Waals surface area (Å²) in [6, 6.07) is 8.28. The number of hydrogen-bond donors (Lipinski definition) is 1. The van der Waals surface area contributed by atoms with Crippen LogP contribution in [-0.4, -0.2) is 28.7 Å². The lowest BCUT2D eigenvalue weighted by molar-refractivity contribution is 0.0631. The van der Waals surface area contributed by atoms with Gasteiger partial charge >= 0.3 is 0 Å². The summed E-state index contributed by atoms with van der Waals surface area (Å²) in [5.74, 6) is 0.572. The van der Waals surface area contributed by atoms with Crippen molar-refractivity contribution in [1.82, 2.24) is 10.2 Å². The van der Waals surface area contributed by atoms with Crippen molar-refractivity contribution in [2.45, 2.75) is 45.7 Å². The van der Waals surface area contributed by atoms with Crippen molar-refractivity contribution >= 4 is 17.7 Å². The van der Waals surface area contributed by atoms with E-state index in [9.17, 15) is 14.4 Å². The van der Waals surface area contributed by atoms with Gasteiger partial charge in [0.15, 0.2) is 0 Å². The van der Waals surface area contributed by atoms with E-state index in [-0.39, 0.29) is 30.0 Å². The van der Waals surface area contributed by atoms with Crippen molar-refractivity contribution in [3.8, 4) is 0 Å². The van der Waals surface area contributed by atoms with Gasteiger partial charge in [-0.2, -0.15) is 0 Å². The fourth-order valence-corrected chi connectivity index (χ4v) is 4.17. The average molecular weight is 380 g/mol. The molecule has 2 aliphatic rings. The van der Waals surface area contributed by atoms with Gasteiger partial charge < -0.3 is 9.73 Å². The van der Waals surface area contributed by atoms with E-state index in [2.05, 4.69) is 19.2 Å². The van der Waals surface area contributed by atoms with Crippen LogP contribution < -0.4 is 5.32 Å². The van der Waals surface area contributed by atoms with Crippen molar-refractivity contribution in [3.63, 3.8) is 0 Å². The van der Waals surface area contributed by atoms with Crippen LogP contribution in [0.5, 0.6) is 0 Å². The van der Waals surface area contributed by atoms with E-state index in [0.29, 0.717) is 28.7 Å². The summed E-state index contributed by atoms with van der Waals surface area (Å²) in [5.41, 5.74) is 1.01. The van der Waals surface area contributed by atoms with Gasteiger partial charge in [0.1, 0.15) is 5.76 Å². The first-order valence-corrected chi connectivity index (χ1v) is 9.79. The van der Waals surface area contributed by atoms with Crippen LogP contribution in [0.2, 0.25) is 0 Å². The number of nitrogens with one attached hydrogen (secondary N) is 1. The lowest BCUT2D eigenvalue weighted by atomic mass is 9.78. The second-order valence-corrected chi connectivity index (χ2v) is 7.88. The highest BCUT2D eigenvalue weighted by molar-refractivity contribution is 6.22. The third kappa shape index (κ3) is 3.23. The maximum atomic E-state index is 12.8. The fourth-order valence-electron chi connectivity index (χ4n) is 4.17. The number of hydrogen-bond acceptors (Lipinski definition) is 4. The van der Waals surface area contributed by atoms with Crippen LogP contribution in [0.3, 0.4) is 0 Å². The Morgan fingerprint density at radius 1 is 1.14 bits per heavy atom. The number of amides is 3. The van der Waals surface area contributed by atoms with E-state index in [4.69, 9.17) is 4.42 Å². The largest absolute Gasteiger partial charge is 0.467 e. The van der Waals surface area contributed by atoms with Gasteiger partial charge in [0.05, 0.1) is 23.9 Å². The lowest BCUT2D eigenvalue weighted by Gasteiger charge is -2.34. The number of nitrogens with zero attached hydrogens (tertiary/aromatic N) is 1. The topological polar surface area (TPSA) is 79.6 Å². The highest BCUT2D eigenvalue weighted by Crippen LogP contribution is 2.30. The highest BCUT2D eigenvalue weighted by atomic mass is 16.3. The second-order valence-electron chi connectivity index (χ2n) is 7.88. The third-order valence-corrected chi connectivity index (χ3v) is 6.15. The molecule has 1 saturated carbocycles. The van der Waals surface area contributed by atoms with E-state index >= 15 is 0 Å². The van der Waals surface area contributed by atoms with Crippen molar-refractivity contribution < 1.29 is 18.8 Å². The van der Waals surface area contributed by atoms with Crippen molar-refractivity contribution in [1.29, 1.82) is 0 Å². The lowest BCUT2D eigenvalue weighted by Crippen LogP contribution is -2.43. The first-order chi connectivity index (χ1) is 13.5. The van der Waals surface area contributed by atoms with E-state index < -0.39 is 5.91 Å². The van der Waals surface area contributed by atoms with Gasteiger partial charge in [-0.1, -0.05) is 26.7 Å². The molecule has 1 aliphatic heterocycles. The molecule has 3 atom stereocenters. The number of carbonyl (C=O) groups is 3. The predicted octanol–water partition coefficient (Wildman–Crippen LogP) is 3.63. The van der Waals surface area contributed by atoms with E-state index in [0.717, 1.165) is 17.7 Å². The number of furan rings is 1. The molecule has 1 aromatic heterocycles. The summed E-state index contributed by atoms with van der Waals surface area (Å²) in [6.45, 7) is 4.47. The van der Waals surface area contributed by atoms with Crippen LogP contribution in [0, 0.1) is 11.8 Å². The molecular formula is C22H24N2O4. The molecule has 2 aromatic rings. The van der Waals surface area contributed by atoms with Gasteiger partial charge in [-0.25, -0.2) is 0 Å². The molecule has 6 nitrogen and oxygen atoms in total. The summed E-state index contributed by atoms with van der Waals surface area (Å²) in [7, 11) is 0. The molecule has 3 unspecified atom stereocenters. The predicted molar refractivity (Wildman–Crippen MR) is 103 cm³/mol. The first kappa shape index (κ1) is 18.5. The fraction of sp³-hybridized carbons (Fsp3) is 0.409. The second kappa shape index (κ2) is 7.26. The maximum absolute atomic E-state index is 12.8. The molecule has 6 heteroatoms. The summed E-state index contributed by atoms with van der Waals surface area (Å²) in [4.78, 5) is 39.2. The standard InChI is InChI=1S/C22H24N2O4/c1-13-5-3-7-19(14(13)2)23-20(25)15-8-9-17-18(11-15)22(27)24(21(17)26)12-16-6-4-10-28-16/h4,6,8-11,13-14,19H,3,5,7,12H2,1-2H3,(H,23,25). The maximum Gasteiger partial charge on any atom is 0.261 e. The molecule has 1 aromatic carbocycles. The van der Waals surface area contributed by atoms with Crippen LogP contribution in [0.25, 0.3) is 0 Å². The molecule has 2 heterocycles. The minimum atomic E-state index is -0.397. The van der Waals surface area contributed by atoms with Crippen LogP contribution in [0.15, 0.2) is 41.0 Å². The molecule has 1 fully saturated rings. The smallest absolute Gasteiger partial charge is 0.261 e. The quantitative estimate of drug-likeness (QED) is 0.822. The summed E-state index contributed by atoms with van der Waals surface area (Å²) in [6.07, 6.45) is 4.77. The minimum Gasteiger partial charge on any atom is -0.467 e. The Morgan fingerprint density at radius 2 is 1.93 bits per heavy atom. The molecule has 1 N–H and O–H groups in total. The average Bonchev–Trinajstić information content (AvgIpc) is 3.28. The van der Waals surface area contributed by atoms with Crippen molar-refractivity contribution in [3.05, 3.63) is 59.0 Å². The normalized spacial score (nSPS) is 24.4. The Morgan fingerprint density at radius 3 is 2.68 bits per heavy atom. The van der Waals surface area contributed by atoms with Gasteiger partial charge in [0.25, 0.3) is 17.7 Å². The van der Waals surface area contributed by atoms with Crippen LogP contribution in [0.1, 0.15) is 69.9 Å². The Balaban J connectivity index is 1.52. The van der Waals surface area contributed by atoms with Crippen LogP contribution in [0.4, 0.5) is 0 Å². The molecule has 146 valence electrons. The molecule has 0 bridgehead atoms. The Bertz CT molecular complexity index is 919. The number of fused-ring (bicyclic) bond motifs is 1. The molecule has 0 spiro atoms. The van der Waals surface area contributed by atoms with E-state index in [1.54, 1.807) is 24.3 Å².